The van der Waals surface area contributed by atoms with Gasteiger partial charge in [0.15, 0.2) is 11.5 Å². The second-order valence-corrected chi connectivity index (χ2v) is 5.62. The third-order valence-electron chi connectivity index (χ3n) is 3.49. The van der Waals surface area contributed by atoms with Gasteiger partial charge in [-0.25, -0.2) is 4.79 Å². The van der Waals surface area contributed by atoms with Crippen molar-refractivity contribution >= 4 is 28.9 Å². The Labute approximate surface area is 147 Å². The van der Waals surface area contributed by atoms with E-state index in [2.05, 4.69) is 0 Å². The van der Waals surface area contributed by atoms with Crippen LogP contribution in [0.15, 0.2) is 30.3 Å². The second-order valence-electron chi connectivity index (χ2n) is 5.21. The summed E-state index contributed by atoms with van der Waals surface area (Å²) in [5.74, 6) is 0.221. The molecule has 25 heavy (non-hydrogen) atoms. The average molecular weight is 365 g/mol. The smallest absolute Gasteiger partial charge is 0.338 e. The topological polar surface area (TPSA) is 114 Å². The lowest BCUT2D eigenvalue weighted by Gasteiger charge is -2.20. The van der Waals surface area contributed by atoms with Crippen molar-refractivity contribution in [3.63, 3.8) is 0 Å². The summed E-state index contributed by atoms with van der Waals surface area (Å²) in [6.45, 7) is 0.742. The molecule has 0 aliphatic carbocycles. The molecule has 0 saturated carbocycles. The lowest BCUT2D eigenvalue weighted by atomic mass is 10.1. The normalized spacial score (nSPS) is 12.5. The monoisotopic (exact) mass is 364 g/mol. The number of rotatable bonds is 4. The number of hydrogen-bond donors (Lipinski definition) is 1. The maximum Gasteiger partial charge on any atom is 0.338 e. The van der Waals surface area contributed by atoms with Crippen LogP contribution in [0.2, 0.25) is 5.02 Å². The fourth-order valence-electron chi connectivity index (χ4n) is 2.31. The molecule has 0 aromatic heterocycles. The van der Waals surface area contributed by atoms with Crippen molar-refractivity contribution in [2.24, 2.45) is 0 Å². The molecule has 9 heteroatoms. The number of nitro benzene ring substituents is 1. The zero-order valence-corrected chi connectivity index (χ0v) is 13.6. The van der Waals surface area contributed by atoms with Crippen LogP contribution in [-0.2, 0) is 11.3 Å². The summed E-state index contributed by atoms with van der Waals surface area (Å²) in [4.78, 5) is 22.3. The number of carbonyl (C=O) groups is 1. The number of halogens is 1. The third-order valence-corrected chi connectivity index (χ3v) is 3.77. The van der Waals surface area contributed by atoms with Gasteiger partial charge >= 0.3 is 5.97 Å². The van der Waals surface area contributed by atoms with E-state index in [0.29, 0.717) is 35.3 Å². The summed E-state index contributed by atoms with van der Waals surface area (Å²) in [6, 6.07) is 7.00. The molecule has 0 atom stereocenters. The van der Waals surface area contributed by atoms with E-state index in [-0.39, 0.29) is 23.5 Å². The van der Waals surface area contributed by atoms with Crippen LogP contribution in [0.5, 0.6) is 11.5 Å². The SMILES string of the molecule is Nc1ccc(C(=O)OCc2cc(Cl)c3c(c2)OCCO3)cc1[N+](=O)[O-]. The average Bonchev–Trinajstić information content (AvgIpc) is 2.60. The highest BCUT2D eigenvalue weighted by molar-refractivity contribution is 6.32. The molecule has 2 aromatic carbocycles. The number of carbonyl (C=O) groups excluding carboxylic acids is 1. The van der Waals surface area contributed by atoms with E-state index < -0.39 is 10.9 Å². The second kappa shape index (κ2) is 6.86. The molecule has 0 bridgehead atoms. The number of anilines is 1. The first kappa shape index (κ1) is 16.8. The molecule has 0 spiro atoms. The van der Waals surface area contributed by atoms with Crippen molar-refractivity contribution in [1.82, 2.24) is 0 Å². The zero-order chi connectivity index (χ0) is 18.0. The Morgan fingerprint density at radius 1 is 1.28 bits per heavy atom. The van der Waals surface area contributed by atoms with E-state index in [1.807, 2.05) is 0 Å². The van der Waals surface area contributed by atoms with Gasteiger partial charge in [0.25, 0.3) is 5.69 Å². The van der Waals surface area contributed by atoms with Crippen LogP contribution in [-0.4, -0.2) is 24.1 Å². The largest absolute Gasteiger partial charge is 0.486 e. The summed E-state index contributed by atoms with van der Waals surface area (Å²) in [5.41, 5.74) is 5.76. The molecule has 0 unspecified atom stereocenters. The first-order valence-electron chi connectivity index (χ1n) is 7.25. The van der Waals surface area contributed by atoms with Gasteiger partial charge in [-0.05, 0) is 29.8 Å². The van der Waals surface area contributed by atoms with Gasteiger partial charge in [0.05, 0.1) is 15.5 Å². The Bertz CT molecular complexity index is 855. The fourth-order valence-corrected chi connectivity index (χ4v) is 2.60. The molecule has 1 heterocycles. The number of ether oxygens (including phenoxy) is 3. The van der Waals surface area contributed by atoms with Gasteiger partial charge in [-0.1, -0.05) is 11.6 Å². The Morgan fingerprint density at radius 2 is 2.04 bits per heavy atom. The number of esters is 1. The molecule has 3 rings (SSSR count). The highest BCUT2D eigenvalue weighted by Crippen LogP contribution is 2.38. The molecule has 1 aliphatic heterocycles. The molecule has 2 aromatic rings. The Kier molecular flexibility index (Phi) is 4.62. The number of nitrogen functional groups attached to an aromatic ring is 1. The number of fused-ring (bicyclic) bond motifs is 1. The summed E-state index contributed by atoms with van der Waals surface area (Å²) >= 11 is 6.12. The van der Waals surface area contributed by atoms with Crippen molar-refractivity contribution in [2.75, 3.05) is 18.9 Å². The minimum absolute atomic E-state index is 0.0276. The van der Waals surface area contributed by atoms with Gasteiger partial charge in [0, 0.05) is 6.07 Å². The standard InChI is InChI=1S/C16H13ClN2O6/c17-11-5-9(6-14-15(11)24-4-3-23-14)8-25-16(20)10-1-2-12(18)13(7-10)19(21)22/h1-2,5-7H,3-4,8,18H2. The molecule has 2 N–H and O–H groups in total. The summed E-state index contributed by atoms with van der Waals surface area (Å²) in [5, 5.41) is 11.2. The van der Waals surface area contributed by atoms with Gasteiger partial charge in [-0.3, -0.25) is 10.1 Å². The number of nitrogens with two attached hydrogens (primary N) is 1. The van der Waals surface area contributed by atoms with Crippen LogP contribution in [0.1, 0.15) is 15.9 Å². The molecular formula is C16H13ClN2O6. The predicted octanol–water partition coefficient (Wildman–Crippen LogP) is 2.96. The number of nitrogens with zero attached hydrogens (tertiary/aromatic N) is 1. The molecule has 0 fully saturated rings. The Balaban J connectivity index is 1.73. The predicted molar refractivity (Wildman–Crippen MR) is 89.1 cm³/mol. The van der Waals surface area contributed by atoms with Crippen molar-refractivity contribution in [3.05, 3.63) is 56.6 Å². The number of benzene rings is 2. The van der Waals surface area contributed by atoms with Gasteiger partial charge in [-0.2, -0.15) is 0 Å². The van der Waals surface area contributed by atoms with Gasteiger partial charge in [0.1, 0.15) is 25.5 Å². The first-order chi connectivity index (χ1) is 12.0. The van der Waals surface area contributed by atoms with Crippen molar-refractivity contribution in [1.29, 1.82) is 0 Å². The molecule has 0 saturated heterocycles. The fraction of sp³-hybridized carbons (Fsp3) is 0.188. The summed E-state index contributed by atoms with van der Waals surface area (Å²) in [6.07, 6.45) is 0. The highest BCUT2D eigenvalue weighted by atomic mass is 35.5. The summed E-state index contributed by atoms with van der Waals surface area (Å²) < 4.78 is 16.0. The van der Waals surface area contributed by atoms with Crippen LogP contribution in [0, 0.1) is 10.1 Å². The van der Waals surface area contributed by atoms with Crippen LogP contribution in [0.3, 0.4) is 0 Å². The van der Waals surface area contributed by atoms with E-state index in [9.17, 15) is 14.9 Å². The third kappa shape index (κ3) is 3.58. The Hall–Kier alpha value is -3.00. The van der Waals surface area contributed by atoms with Crippen LogP contribution >= 0.6 is 11.6 Å². The van der Waals surface area contributed by atoms with Crippen LogP contribution in [0.4, 0.5) is 11.4 Å². The first-order valence-corrected chi connectivity index (χ1v) is 7.62. The van der Waals surface area contributed by atoms with Crippen LogP contribution in [0.25, 0.3) is 0 Å². The van der Waals surface area contributed by atoms with Crippen LogP contribution < -0.4 is 15.2 Å². The molecule has 130 valence electrons. The van der Waals surface area contributed by atoms with Gasteiger partial charge in [-0.15, -0.1) is 0 Å². The van der Waals surface area contributed by atoms with Gasteiger partial charge < -0.3 is 19.9 Å². The molecule has 0 amide bonds. The van der Waals surface area contributed by atoms with E-state index in [0.717, 1.165) is 6.07 Å². The number of hydrogen-bond acceptors (Lipinski definition) is 7. The maximum atomic E-state index is 12.1. The molecule has 0 radical (unpaired) electrons. The van der Waals surface area contributed by atoms with E-state index in [4.69, 9.17) is 31.5 Å². The lowest BCUT2D eigenvalue weighted by molar-refractivity contribution is -0.383. The van der Waals surface area contributed by atoms with Crippen molar-refractivity contribution < 1.29 is 23.9 Å². The minimum atomic E-state index is -0.714. The lowest BCUT2D eigenvalue weighted by Crippen LogP contribution is -2.16. The van der Waals surface area contributed by atoms with E-state index in [1.54, 1.807) is 12.1 Å². The Morgan fingerprint density at radius 3 is 2.80 bits per heavy atom. The van der Waals surface area contributed by atoms with Gasteiger partial charge in [0.2, 0.25) is 0 Å². The van der Waals surface area contributed by atoms with E-state index in [1.165, 1.54) is 12.1 Å². The highest BCUT2D eigenvalue weighted by Gasteiger charge is 2.19. The van der Waals surface area contributed by atoms with Crippen molar-refractivity contribution in [3.8, 4) is 11.5 Å². The quantitative estimate of drug-likeness (QED) is 0.384. The molecular weight excluding hydrogens is 352 g/mol. The minimum Gasteiger partial charge on any atom is -0.486 e. The molecule has 8 nitrogen and oxygen atoms in total. The number of nitro groups is 1. The molecule has 1 aliphatic rings. The van der Waals surface area contributed by atoms with E-state index >= 15 is 0 Å². The summed E-state index contributed by atoms with van der Waals surface area (Å²) in [7, 11) is 0. The zero-order valence-electron chi connectivity index (χ0n) is 12.9. The van der Waals surface area contributed by atoms with Crippen molar-refractivity contribution in [2.45, 2.75) is 6.61 Å². The maximum absolute atomic E-state index is 12.1.